The number of anilines is 4. The average molecular weight is 402 g/mol. The Morgan fingerprint density at radius 1 is 0.900 bits per heavy atom. The Balaban J connectivity index is 1.74. The number of methoxy groups -OCH3 is 1. The molecule has 154 valence electrons. The molecule has 6 nitrogen and oxygen atoms in total. The van der Waals surface area contributed by atoms with Crippen molar-refractivity contribution in [1.29, 1.82) is 0 Å². The Hall–Kier alpha value is -3.41. The van der Waals surface area contributed by atoms with Gasteiger partial charge in [0.15, 0.2) is 5.78 Å². The van der Waals surface area contributed by atoms with Gasteiger partial charge in [0.1, 0.15) is 11.6 Å². The maximum absolute atomic E-state index is 13.0. The van der Waals surface area contributed by atoms with Crippen LogP contribution in [-0.2, 0) is 6.42 Å². The van der Waals surface area contributed by atoms with E-state index in [4.69, 9.17) is 9.72 Å². The molecule has 0 saturated heterocycles. The number of fused-ring (bicyclic) bond motifs is 1. The highest BCUT2D eigenvalue weighted by atomic mass is 16.5. The molecule has 0 bridgehead atoms. The van der Waals surface area contributed by atoms with E-state index in [9.17, 15) is 4.79 Å². The fraction of sp³-hybridized carbons (Fsp3) is 0.292. The van der Waals surface area contributed by atoms with Crippen LogP contribution in [-0.4, -0.2) is 22.9 Å². The Morgan fingerprint density at radius 3 is 2.20 bits per heavy atom. The second-order valence-electron chi connectivity index (χ2n) is 8.50. The van der Waals surface area contributed by atoms with Gasteiger partial charge in [0.25, 0.3) is 0 Å². The second-order valence-corrected chi connectivity index (χ2v) is 8.50. The number of aryl methyl sites for hydroxylation is 1. The van der Waals surface area contributed by atoms with Gasteiger partial charge in [0, 0.05) is 17.8 Å². The Labute approximate surface area is 176 Å². The molecule has 1 aromatic heterocycles. The monoisotopic (exact) mass is 402 g/mol. The van der Waals surface area contributed by atoms with Crippen molar-refractivity contribution in [2.24, 2.45) is 5.41 Å². The van der Waals surface area contributed by atoms with Crippen LogP contribution in [0.2, 0.25) is 0 Å². The van der Waals surface area contributed by atoms with Crippen LogP contribution in [0.5, 0.6) is 5.75 Å². The Bertz CT molecular complexity index is 1070. The molecule has 0 atom stereocenters. The third-order valence-electron chi connectivity index (χ3n) is 5.21. The molecule has 2 N–H and O–H groups in total. The third-order valence-corrected chi connectivity index (χ3v) is 5.21. The van der Waals surface area contributed by atoms with Gasteiger partial charge < -0.3 is 15.4 Å². The van der Waals surface area contributed by atoms with Crippen LogP contribution in [0.1, 0.15) is 41.9 Å². The second kappa shape index (κ2) is 7.78. The topological polar surface area (TPSA) is 76.1 Å². The number of ketones is 1. The van der Waals surface area contributed by atoms with Crippen LogP contribution in [0.3, 0.4) is 0 Å². The highest BCUT2D eigenvalue weighted by Gasteiger charge is 2.35. The summed E-state index contributed by atoms with van der Waals surface area (Å²) in [6.45, 7) is 6.24. The van der Waals surface area contributed by atoms with E-state index in [-0.39, 0.29) is 11.2 Å². The fourth-order valence-electron chi connectivity index (χ4n) is 3.69. The minimum absolute atomic E-state index is 0.0687. The Morgan fingerprint density at radius 2 is 1.53 bits per heavy atom. The molecular weight excluding hydrogens is 376 g/mol. The van der Waals surface area contributed by atoms with Gasteiger partial charge in [-0.3, -0.25) is 4.79 Å². The standard InChI is InChI=1S/C24H26N4O2/c1-15-5-7-17(8-6-15)26-23-27-19-13-24(2,3)14-20(29)21(19)22(28-23)25-16-9-11-18(30-4)12-10-16/h5-12H,13-14H2,1-4H3,(H2,25,26,27,28). The highest BCUT2D eigenvalue weighted by molar-refractivity contribution is 6.03. The van der Waals surface area contributed by atoms with Crippen molar-refractivity contribution in [1.82, 2.24) is 9.97 Å². The zero-order valence-electron chi connectivity index (χ0n) is 17.7. The number of benzene rings is 2. The summed E-state index contributed by atoms with van der Waals surface area (Å²) in [5.74, 6) is 1.84. The van der Waals surface area contributed by atoms with E-state index in [1.807, 2.05) is 55.5 Å². The predicted octanol–water partition coefficient (Wildman–Crippen LogP) is 5.44. The van der Waals surface area contributed by atoms with E-state index in [2.05, 4.69) is 29.5 Å². The van der Waals surface area contributed by atoms with E-state index in [1.54, 1.807) is 7.11 Å². The van der Waals surface area contributed by atoms with Gasteiger partial charge in [0.2, 0.25) is 5.95 Å². The number of nitrogens with zero attached hydrogens (tertiary/aromatic N) is 2. The van der Waals surface area contributed by atoms with Gasteiger partial charge in [-0.25, -0.2) is 4.98 Å². The SMILES string of the molecule is COc1ccc(Nc2nc(Nc3ccc(C)cc3)nc3c2C(=O)CC(C)(C)C3)cc1. The number of Topliss-reactive ketones (excluding diaryl/α,β-unsaturated/α-hetero) is 1. The van der Waals surface area contributed by atoms with Gasteiger partial charge >= 0.3 is 0 Å². The molecule has 0 saturated carbocycles. The number of hydrogen-bond donors (Lipinski definition) is 2. The molecule has 2 aromatic carbocycles. The lowest BCUT2D eigenvalue weighted by Gasteiger charge is -2.30. The molecule has 0 spiro atoms. The first-order chi connectivity index (χ1) is 14.3. The van der Waals surface area contributed by atoms with Gasteiger partial charge in [-0.1, -0.05) is 31.5 Å². The molecule has 3 aromatic rings. The summed E-state index contributed by atoms with van der Waals surface area (Å²) in [5, 5.41) is 6.58. The van der Waals surface area contributed by atoms with E-state index >= 15 is 0 Å². The zero-order valence-corrected chi connectivity index (χ0v) is 17.7. The lowest BCUT2D eigenvalue weighted by Crippen LogP contribution is -2.29. The first-order valence-corrected chi connectivity index (χ1v) is 10.0. The van der Waals surface area contributed by atoms with Gasteiger partial charge in [-0.2, -0.15) is 4.98 Å². The van der Waals surface area contributed by atoms with Crippen molar-refractivity contribution < 1.29 is 9.53 Å². The first kappa shape index (κ1) is 19.9. The van der Waals surface area contributed by atoms with Crippen molar-refractivity contribution in [3.63, 3.8) is 0 Å². The number of hydrogen-bond acceptors (Lipinski definition) is 6. The number of aromatic nitrogens is 2. The average Bonchev–Trinajstić information content (AvgIpc) is 2.69. The van der Waals surface area contributed by atoms with Crippen LogP contribution in [0, 0.1) is 12.3 Å². The molecule has 1 aliphatic carbocycles. The summed E-state index contributed by atoms with van der Waals surface area (Å²) in [4.78, 5) is 22.3. The minimum Gasteiger partial charge on any atom is -0.497 e. The zero-order chi connectivity index (χ0) is 21.3. The summed E-state index contributed by atoms with van der Waals surface area (Å²) in [6, 6.07) is 15.6. The normalized spacial score (nSPS) is 14.7. The van der Waals surface area contributed by atoms with Crippen LogP contribution >= 0.6 is 0 Å². The minimum atomic E-state index is -0.128. The first-order valence-electron chi connectivity index (χ1n) is 10.0. The quantitative estimate of drug-likeness (QED) is 0.592. The third kappa shape index (κ3) is 4.27. The van der Waals surface area contributed by atoms with E-state index in [0.717, 1.165) is 29.2 Å². The van der Waals surface area contributed by atoms with E-state index in [0.29, 0.717) is 23.8 Å². The van der Waals surface area contributed by atoms with Crippen LogP contribution in [0.4, 0.5) is 23.1 Å². The van der Waals surface area contributed by atoms with Crippen molar-refractivity contribution in [2.45, 2.75) is 33.6 Å². The fourth-order valence-corrected chi connectivity index (χ4v) is 3.69. The summed E-state index contributed by atoms with van der Waals surface area (Å²) >= 11 is 0. The van der Waals surface area contributed by atoms with Crippen LogP contribution in [0.15, 0.2) is 48.5 Å². The Kier molecular flexibility index (Phi) is 5.16. The molecule has 0 aliphatic heterocycles. The number of rotatable bonds is 5. The lowest BCUT2D eigenvalue weighted by atomic mass is 9.75. The van der Waals surface area contributed by atoms with Gasteiger partial charge in [-0.15, -0.1) is 0 Å². The number of ether oxygens (including phenoxy) is 1. The molecule has 1 aliphatic rings. The molecule has 1 heterocycles. The van der Waals surface area contributed by atoms with Crippen molar-refractivity contribution >= 4 is 28.9 Å². The van der Waals surface area contributed by atoms with Crippen LogP contribution < -0.4 is 15.4 Å². The summed E-state index contributed by atoms with van der Waals surface area (Å²) < 4.78 is 5.23. The van der Waals surface area contributed by atoms with Gasteiger partial charge in [-0.05, 0) is 55.2 Å². The molecule has 0 fully saturated rings. The van der Waals surface area contributed by atoms with Gasteiger partial charge in [0.05, 0.1) is 18.4 Å². The van der Waals surface area contributed by atoms with E-state index in [1.165, 1.54) is 5.56 Å². The van der Waals surface area contributed by atoms with Crippen molar-refractivity contribution in [3.8, 4) is 5.75 Å². The predicted molar refractivity (Wildman–Crippen MR) is 119 cm³/mol. The molecule has 30 heavy (non-hydrogen) atoms. The number of carbonyl (C=O) groups is 1. The summed E-state index contributed by atoms with van der Waals surface area (Å²) in [7, 11) is 1.63. The van der Waals surface area contributed by atoms with E-state index < -0.39 is 0 Å². The van der Waals surface area contributed by atoms with Crippen LogP contribution in [0.25, 0.3) is 0 Å². The summed E-state index contributed by atoms with van der Waals surface area (Å²) in [5.41, 5.74) is 4.14. The molecule has 0 radical (unpaired) electrons. The van der Waals surface area contributed by atoms with Crippen molar-refractivity contribution in [3.05, 3.63) is 65.4 Å². The molecular formula is C24H26N4O2. The molecule has 6 heteroatoms. The molecule has 0 unspecified atom stereocenters. The number of carbonyl (C=O) groups excluding carboxylic acids is 1. The molecule has 0 amide bonds. The molecule has 4 rings (SSSR count). The lowest BCUT2D eigenvalue weighted by molar-refractivity contribution is 0.0911. The summed E-state index contributed by atoms with van der Waals surface area (Å²) in [6.07, 6.45) is 1.20. The number of nitrogens with one attached hydrogen (secondary N) is 2. The maximum Gasteiger partial charge on any atom is 0.229 e. The largest absolute Gasteiger partial charge is 0.497 e. The highest BCUT2D eigenvalue weighted by Crippen LogP contribution is 2.38. The maximum atomic E-state index is 13.0. The smallest absolute Gasteiger partial charge is 0.229 e. The van der Waals surface area contributed by atoms with Crippen molar-refractivity contribution in [2.75, 3.05) is 17.7 Å².